The maximum atomic E-state index is 11.9. The van der Waals surface area contributed by atoms with Crippen molar-refractivity contribution in [2.24, 2.45) is 5.73 Å². The Morgan fingerprint density at radius 3 is 3.00 bits per heavy atom. The molecule has 100 valence electrons. The average Bonchev–Trinajstić information content (AvgIpc) is 2.99. The van der Waals surface area contributed by atoms with Crippen LogP contribution in [0, 0.1) is 0 Å². The number of carbonyl (C=O) groups is 1. The molecule has 1 aliphatic rings. The molecule has 0 aliphatic heterocycles. The third-order valence-corrected chi connectivity index (χ3v) is 3.36. The maximum absolute atomic E-state index is 11.9. The Morgan fingerprint density at radius 2 is 2.33 bits per heavy atom. The number of nitrogens with one attached hydrogen (secondary N) is 1. The van der Waals surface area contributed by atoms with Crippen LogP contribution >= 0.6 is 0 Å². The van der Waals surface area contributed by atoms with Crippen molar-refractivity contribution < 1.29 is 9.21 Å². The summed E-state index contributed by atoms with van der Waals surface area (Å²) in [7, 11) is 0. The average molecular weight is 251 g/mol. The van der Waals surface area contributed by atoms with E-state index in [1.54, 1.807) is 0 Å². The van der Waals surface area contributed by atoms with Crippen molar-refractivity contribution in [3.8, 4) is 0 Å². The Balaban J connectivity index is 1.93. The number of carbonyl (C=O) groups excluding carboxylic acids is 1. The van der Waals surface area contributed by atoms with Crippen LogP contribution in [0.1, 0.15) is 67.9 Å². The van der Waals surface area contributed by atoms with Gasteiger partial charge in [0, 0.05) is 6.04 Å². The van der Waals surface area contributed by atoms with Crippen molar-refractivity contribution in [2.75, 3.05) is 0 Å². The van der Waals surface area contributed by atoms with Gasteiger partial charge < -0.3 is 15.5 Å². The van der Waals surface area contributed by atoms with Gasteiger partial charge in [-0.3, -0.25) is 4.79 Å². The van der Waals surface area contributed by atoms with Gasteiger partial charge >= 0.3 is 0 Å². The molecule has 3 N–H and O–H groups in total. The van der Waals surface area contributed by atoms with Gasteiger partial charge in [0.15, 0.2) is 5.69 Å². The Hall–Kier alpha value is -1.36. The molecule has 1 aliphatic carbocycles. The van der Waals surface area contributed by atoms with E-state index in [1.807, 2.05) is 0 Å². The van der Waals surface area contributed by atoms with E-state index in [4.69, 9.17) is 10.2 Å². The van der Waals surface area contributed by atoms with E-state index in [2.05, 4.69) is 17.2 Å². The normalized spacial score (nSPS) is 17.9. The number of hydrogen-bond donors (Lipinski definition) is 2. The molecule has 1 fully saturated rings. The lowest BCUT2D eigenvalue weighted by molar-refractivity contribution is 0.0933. The summed E-state index contributed by atoms with van der Waals surface area (Å²) in [4.78, 5) is 16.1. The van der Waals surface area contributed by atoms with Crippen LogP contribution in [0.15, 0.2) is 10.7 Å². The van der Waals surface area contributed by atoms with Crippen LogP contribution in [0.4, 0.5) is 0 Å². The molecule has 1 heterocycles. The molecule has 0 spiro atoms. The number of hydrogen-bond acceptors (Lipinski definition) is 4. The summed E-state index contributed by atoms with van der Waals surface area (Å²) in [5.41, 5.74) is 6.23. The molecule has 1 atom stereocenters. The number of nitrogens with two attached hydrogens (primary N) is 1. The summed E-state index contributed by atoms with van der Waals surface area (Å²) in [6.45, 7) is 2.05. The van der Waals surface area contributed by atoms with Gasteiger partial charge in [-0.15, -0.1) is 0 Å². The first-order valence-corrected chi connectivity index (χ1v) is 6.72. The summed E-state index contributed by atoms with van der Waals surface area (Å²) in [5, 5.41) is 2.98. The van der Waals surface area contributed by atoms with Crippen LogP contribution in [-0.4, -0.2) is 16.9 Å². The first kappa shape index (κ1) is 13.1. The fourth-order valence-electron chi connectivity index (χ4n) is 2.33. The molecule has 1 aromatic rings. The number of rotatable bonds is 5. The molecule has 18 heavy (non-hydrogen) atoms. The highest BCUT2D eigenvalue weighted by Crippen LogP contribution is 2.19. The SMILES string of the molecule is CCCC(N)c1nc(C(=O)NC2CCCC2)co1. The molecule has 0 bridgehead atoms. The van der Waals surface area contributed by atoms with Gasteiger partial charge in [0.1, 0.15) is 6.26 Å². The number of nitrogens with zero attached hydrogens (tertiary/aromatic N) is 1. The highest BCUT2D eigenvalue weighted by Gasteiger charge is 2.21. The summed E-state index contributed by atoms with van der Waals surface area (Å²) in [6, 6.07) is 0.0741. The van der Waals surface area contributed by atoms with Crippen LogP contribution < -0.4 is 11.1 Å². The van der Waals surface area contributed by atoms with E-state index >= 15 is 0 Å². The fourth-order valence-corrected chi connectivity index (χ4v) is 2.33. The predicted octanol–water partition coefficient (Wildman–Crippen LogP) is 2.15. The smallest absolute Gasteiger partial charge is 0.273 e. The maximum Gasteiger partial charge on any atom is 0.273 e. The quantitative estimate of drug-likeness (QED) is 0.840. The third-order valence-electron chi connectivity index (χ3n) is 3.36. The summed E-state index contributed by atoms with van der Waals surface area (Å²) in [6.07, 6.45) is 7.68. The molecule has 1 aromatic heterocycles. The molecule has 1 saturated carbocycles. The number of oxazole rings is 1. The second-order valence-corrected chi connectivity index (χ2v) is 4.92. The Morgan fingerprint density at radius 1 is 1.61 bits per heavy atom. The molecule has 0 aromatic carbocycles. The van der Waals surface area contributed by atoms with Crippen LogP contribution in [0.3, 0.4) is 0 Å². The Kier molecular flexibility index (Phi) is 4.36. The van der Waals surface area contributed by atoms with Gasteiger partial charge in [-0.2, -0.15) is 0 Å². The zero-order chi connectivity index (χ0) is 13.0. The van der Waals surface area contributed by atoms with Crippen molar-refractivity contribution >= 4 is 5.91 Å². The monoisotopic (exact) mass is 251 g/mol. The van der Waals surface area contributed by atoms with E-state index in [-0.39, 0.29) is 11.9 Å². The van der Waals surface area contributed by atoms with Crippen molar-refractivity contribution in [1.82, 2.24) is 10.3 Å². The second kappa shape index (κ2) is 6.00. The van der Waals surface area contributed by atoms with Crippen LogP contribution in [0.2, 0.25) is 0 Å². The first-order chi connectivity index (χ1) is 8.70. The van der Waals surface area contributed by atoms with Crippen molar-refractivity contribution in [2.45, 2.75) is 57.5 Å². The van der Waals surface area contributed by atoms with E-state index in [0.29, 0.717) is 17.6 Å². The number of aromatic nitrogens is 1. The van der Waals surface area contributed by atoms with Crippen LogP contribution in [0.25, 0.3) is 0 Å². The van der Waals surface area contributed by atoms with Crippen molar-refractivity contribution in [3.63, 3.8) is 0 Å². The summed E-state index contributed by atoms with van der Waals surface area (Å²) < 4.78 is 5.27. The molecular formula is C13H21N3O2. The minimum Gasteiger partial charge on any atom is -0.446 e. The van der Waals surface area contributed by atoms with E-state index in [0.717, 1.165) is 25.7 Å². The van der Waals surface area contributed by atoms with E-state index in [9.17, 15) is 4.79 Å². The van der Waals surface area contributed by atoms with Gasteiger partial charge in [0.25, 0.3) is 5.91 Å². The predicted molar refractivity (Wildman–Crippen MR) is 68.1 cm³/mol. The third kappa shape index (κ3) is 3.10. The van der Waals surface area contributed by atoms with Crippen LogP contribution in [0.5, 0.6) is 0 Å². The largest absolute Gasteiger partial charge is 0.446 e. The lowest BCUT2D eigenvalue weighted by Crippen LogP contribution is -2.32. The molecule has 5 nitrogen and oxygen atoms in total. The minimum atomic E-state index is -0.219. The molecular weight excluding hydrogens is 230 g/mol. The number of amides is 1. The summed E-state index contributed by atoms with van der Waals surface area (Å²) >= 11 is 0. The molecule has 1 amide bonds. The topological polar surface area (TPSA) is 81.1 Å². The highest BCUT2D eigenvalue weighted by atomic mass is 16.3. The molecule has 2 rings (SSSR count). The minimum absolute atomic E-state index is 0.152. The standard InChI is InChI=1S/C13H21N3O2/c1-2-5-10(14)13-16-11(8-18-13)12(17)15-9-6-3-4-7-9/h8-10H,2-7,14H2,1H3,(H,15,17). The highest BCUT2D eigenvalue weighted by molar-refractivity contribution is 5.92. The van der Waals surface area contributed by atoms with Gasteiger partial charge in [0.05, 0.1) is 6.04 Å². The lowest BCUT2D eigenvalue weighted by atomic mass is 10.2. The van der Waals surface area contributed by atoms with Gasteiger partial charge in [-0.1, -0.05) is 26.2 Å². The molecule has 0 saturated heterocycles. The molecule has 0 radical (unpaired) electrons. The fraction of sp³-hybridized carbons (Fsp3) is 0.692. The second-order valence-electron chi connectivity index (χ2n) is 4.92. The van der Waals surface area contributed by atoms with Crippen molar-refractivity contribution in [1.29, 1.82) is 0 Å². The van der Waals surface area contributed by atoms with E-state index < -0.39 is 0 Å². The Bertz CT molecular complexity index is 397. The van der Waals surface area contributed by atoms with Gasteiger partial charge in [-0.25, -0.2) is 4.98 Å². The zero-order valence-electron chi connectivity index (χ0n) is 10.8. The molecule has 5 heteroatoms. The first-order valence-electron chi connectivity index (χ1n) is 6.72. The summed E-state index contributed by atoms with van der Waals surface area (Å²) in [5.74, 6) is 0.300. The Labute approximate surface area is 107 Å². The zero-order valence-corrected chi connectivity index (χ0v) is 10.8. The van der Waals surface area contributed by atoms with Gasteiger partial charge in [-0.05, 0) is 19.3 Å². The molecule has 1 unspecified atom stereocenters. The lowest BCUT2D eigenvalue weighted by Gasteiger charge is -2.09. The van der Waals surface area contributed by atoms with Gasteiger partial charge in [0.2, 0.25) is 5.89 Å². The van der Waals surface area contributed by atoms with E-state index in [1.165, 1.54) is 19.1 Å². The van der Waals surface area contributed by atoms with Crippen LogP contribution in [-0.2, 0) is 0 Å². The van der Waals surface area contributed by atoms with Crippen molar-refractivity contribution in [3.05, 3.63) is 17.8 Å².